The minimum Gasteiger partial charge on any atom is -0.508 e. The van der Waals surface area contributed by atoms with Gasteiger partial charge in [0.15, 0.2) is 0 Å². The van der Waals surface area contributed by atoms with Crippen LogP contribution in [-0.2, 0) is 40.1 Å². The van der Waals surface area contributed by atoms with Gasteiger partial charge in [0.1, 0.15) is 11.8 Å². The third-order valence-electron chi connectivity index (χ3n) is 9.43. The van der Waals surface area contributed by atoms with Crippen LogP contribution in [0.5, 0.6) is 5.75 Å². The van der Waals surface area contributed by atoms with Crippen molar-refractivity contribution in [1.82, 2.24) is 16.0 Å². The van der Waals surface area contributed by atoms with Gasteiger partial charge in [-0.05, 0) is 97.7 Å². The zero-order chi connectivity index (χ0) is 34.9. The highest BCUT2D eigenvalue weighted by Gasteiger charge is 2.33. The van der Waals surface area contributed by atoms with Crippen LogP contribution < -0.4 is 26.6 Å². The summed E-state index contributed by atoms with van der Waals surface area (Å²) in [4.78, 5) is 42.3. The summed E-state index contributed by atoms with van der Waals surface area (Å²) in [5.41, 5.74) is 12.5. The topological polar surface area (TPSA) is 137 Å². The summed E-state index contributed by atoms with van der Waals surface area (Å²) in [5.74, 6) is -0.689. The van der Waals surface area contributed by atoms with Crippen molar-refractivity contribution < 1.29 is 19.5 Å². The molecule has 49 heavy (non-hydrogen) atoms. The number of nitrogens with zero attached hydrogens (tertiary/aromatic N) is 1. The molecule has 5 rings (SSSR count). The molecule has 0 bridgehead atoms. The fourth-order valence-corrected chi connectivity index (χ4v) is 6.78. The van der Waals surface area contributed by atoms with Crippen molar-refractivity contribution >= 4 is 23.4 Å². The molecule has 6 N–H and O–H groups in total. The van der Waals surface area contributed by atoms with Crippen molar-refractivity contribution in [3.63, 3.8) is 0 Å². The smallest absolute Gasteiger partial charge is 0.244 e. The molecular weight excluding hydrogens is 614 g/mol. The zero-order valence-electron chi connectivity index (χ0n) is 28.5. The monoisotopic (exact) mass is 661 g/mol. The third-order valence-corrected chi connectivity index (χ3v) is 9.43. The highest BCUT2D eigenvalue weighted by Crippen LogP contribution is 2.31. The molecule has 0 aliphatic carbocycles. The van der Waals surface area contributed by atoms with Crippen LogP contribution in [0.15, 0.2) is 97.1 Å². The van der Waals surface area contributed by atoms with E-state index in [1.165, 1.54) is 0 Å². The Bertz CT molecular complexity index is 1720. The number of nitrogens with two attached hydrogens (primary N) is 1. The summed E-state index contributed by atoms with van der Waals surface area (Å²) in [5, 5.41) is 19.7. The maximum absolute atomic E-state index is 14.2. The first-order valence-corrected chi connectivity index (χ1v) is 16.9. The number of carbonyl (C=O) groups is 3. The minimum atomic E-state index is -0.857. The first-order valence-electron chi connectivity index (χ1n) is 16.9. The second-order valence-electron chi connectivity index (χ2n) is 13.1. The average molecular weight is 662 g/mol. The highest BCUT2D eigenvalue weighted by molar-refractivity contribution is 5.98. The number of aryl methyl sites for hydroxylation is 2. The van der Waals surface area contributed by atoms with Gasteiger partial charge in [0.05, 0.1) is 12.1 Å². The van der Waals surface area contributed by atoms with E-state index in [0.717, 1.165) is 45.5 Å². The second kappa shape index (κ2) is 16.4. The van der Waals surface area contributed by atoms with E-state index < -0.39 is 24.0 Å². The number of benzene rings is 4. The number of hydrogen-bond donors (Lipinski definition) is 5. The summed E-state index contributed by atoms with van der Waals surface area (Å²) in [7, 11) is 1.80. The maximum atomic E-state index is 14.2. The molecule has 1 heterocycles. The Morgan fingerprint density at radius 3 is 1.98 bits per heavy atom. The molecule has 3 amide bonds. The molecule has 0 spiro atoms. The summed E-state index contributed by atoms with van der Waals surface area (Å²) in [6, 6.07) is 28.7. The predicted octanol–water partition coefficient (Wildman–Crippen LogP) is 3.76. The van der Waals surface area contributed by atoms with Crippen molar-refractivity contribution in [2.75, 3.05) is 25.0 Å². The van der Waals surface area contributed by atoms with E-state index >= 15 is 0 Å². The Morgan fingerprint density at radius 2 is 1.39 bits per heavy atom. The predicted molar refractivity (Wildman–Crippen MR) is 193 cm³/mol. The average Bonchev–Trinajstić information content (AvgIpc) is 3.09. The number of phenols is 1. The van der Waals surface area contributed by atoms with E-state index in [9.17, 15) is 19.5 Å². The standard InChI is InChI=1S/C40H47N5O4/c1-26-18-32(46)19-27(2)33(26)23-36(42-3)40(49)45-25-30(20-31-16-10-11-17-37(31)45)24-43-35(22-29-14-8-5-9-15-29)39(48)44-34(38(41)47)21-28-12-6-4-7-13-28/h4-19,30,34-36,42-43,46H,20-25H2,1-3H3,(H2,41,47)(H,44,48)/t30-,34-,35-,36-/m0/s1. The van der Waals surface area contributed by atoms with Crippen molar-refractivity contribution in [2.24, 2.45) is 11.7 Å². The normalized spacial score (nSPS) is 15.9. The Morgan fingerprint density at radius 1 is 0.816 bits per heavy atom. The van der Waals surface area contributed by atoms with E-state index in [1.54, 1.807) is 19.2 Å². The van der Waals surface area contributed by atoms with Crippen molar-refractivity contribution in [3.8, 4) is 5.75 Å². The van der Waals surface area contributed by atoms with E-state index in [0.29, 0.717) is 32.4 Å². The minimum absolute atomic E-state index is 0.0239. The van der Waals surface area contributed by atoms with Gasteiger partial charge in [-0.1, -0.05) is 78.9 Å². The van der Waals surface area contributed by atoms with Crippen LogP contribution in [0.2, 0.25) is 0 Å². The number of amides is 3. The fraction of sp³-hybridized carbons (Fsp3) is 0.325. The second-order valence-corrected chi connectivity index (χ2v) is 13.1. The number of aromatic hydroxyl groups is 1. The van der Waals surface area contributed by atoms with Gasteiger partial charge in [-0.2, -0.15) is 0 Å². The molecule has 0 saturated carbocycles. The quantitative estimate of drug-likeness (QED) is 0.140. The molecule has 256 valence electrons. The van der Waals surface area contributed by atoms with Gasteiger partial charge in [0.25, 0.3) is 0 Å². The van der Waals surface area contributed by atoms with Crippen LogP contribution >= 0.6 is 0 Å². The van der Waals surface area contributed by atoms with E-state index in [2.05, 4.69) is 22.0 Å². The van der Waals surface area contributed by atoms with Crippen LogP contribution in [0.3, 0.4) is 0 Å². The lowest BCUT2D eigenvalue weighted by Crippen LogP contribution is -2.55. The van der Waals surface area contributed by atoms with Crippen molar-refractivity contribution in [2.45, 2.75) is 57.7 Å². The Kier molecular flexibility index (Phi) is 11.8. The number of anilines is 1. The van der Waals surface area contributed by atoms with Gasteiger partial charge in [-0.3, -0.25) is 14.4 Å². The Labute approximate surface area is 288 Å². The van der Waals surface area contributed by atoms with Gasteiger partial charge in [0, 0.05) is 25.2 Å². The van der Waals surface area contributed by atoms with Crippen molar-refractivity contribution in [1.29, 1.82) is 0 Å². The summed E-state index contributed by atoms with van der Waals surface area (Å²) in [6.45, 7) is 4.86. The first-order chi connectivity index (χ1) is 23.6. The van der Waals surface area contributed by atoms with E-state index in [-0.39, 0.29) is 23.5 Å². The van der Waals surface area contributed by atoms with Crippen LogP contribution in [0.4, 0.5) is 5.69 Å². The largest absolute Gasteiger partial charge is 0.508 e. The lowest BCUT2D eigenvalue weighted by Gasteiger charge is -2.37. The number of hydrogen-bond acceptors (Lipinski definition) is 6. The number of para-hydroxylation sites is 1. The number of fused-ring (bicyclic) bond motifs is 1. The highest BCUT2D eigenvalue weighted by atomic mass is 16.3. The number of nitrogens with one attached hydrogen (secondary N) is 3. The molecule has 4 aromatic carbocycles. The molecule has 0 fully saturated rings. The van der Waals surface area contributed by atoms with Gasteiger partial charge < -0.3 is 31.7 Å². The molecule has 0 saturated heterocycles. The first kappa shape index (κ1) is 35.3. The van der Waals surface area contributed by atoms with Gasteiger partial charge in [-0.25, -0.2) is 0 Å². The lowest BCUT2D eigenvalue weighted by molar-refractivity contribution is -0.128. The molecule has 4 atom stereocenters. The van der Waals surface area contributed by atoms with E-state index in [4.69, 9.17) is 5.73 Å². The zero-order valence-corrected chi connectivity index (χ0v) is 28.5. The lowest BCUT2D eigenvalue weighted by atomic mass is 9.90. The number of primary amides is 1. The summed E-state index contributed by atoms with van der Waals surface area (Å²) in [6.07, 6.45) is 1.94. The van der Waals surface area contributed by atoms with Gasteiger partial charge >= 0.3 is 0 Å². The molecule has 4 aromatic rings. The molecule has 9 heteroatoms. The molecule has 0 aromatic heterocycles. The summed E-state index contributed by atoms with van der Waals surface area (Å²) < 4.78 is 0. The maximum Gasteiger partial charge on any atom is 0.244 e. The van der Waals surface area contributed by atoms with E-state index in [1.807, 2.05) is 97.6 Å². The van der Waals surface area contributed by atoms with Crippen LogP contribution in [-0.4, -0.2) is 61.1 Å². The van der Waals surface area contributed by atoms with Gasteiger partial charge in [-0.15, -0.1) is 0 Å². The number of phenolic OH excluding ortho intramolecular Hbond substituents is 1. The molecule has 1 aliphatic heterocycles. The van der Waals surface area contributed by atoms with Crippen LogP contribution in [0, 0.1) is 19.8 Å². The van der Waals surface area contributed by atoms with Crippen LogP contribution in [0.25, 0.3) is 0 Å². The molecule has 0 radical (unpaired) electrons. The van der Waals surface area contributed by atoms with Crippen LogP contribution in [0.1, 0.15) is 33.4 Å². The molecule has 0 unspecified atom stereocenters. The number of likely N-dealkylation sites (N-methyl/N-ethyl adjacent to an activating group) is 1. The third kappa shape index (κ3) is 9.13. The molecular formula is C40H47N5O4. The van der Waals surface area contributed by atoms with Crippen molar-refractivity contribution in [3.05, 3.63) is 130 Å². The number of rotatable bonds is 14. The fourth-order valence-electron chi connectivity index (χ4n) is 6.78. The SMILES string of the molecule is CN[C@@H](Cc1c(C)cc(O)cc1C)C(=O)N1C[C@H](CN[C@@H](Cc2ccccc2)C(=O)N[C@@H](Cc2ccccc2)C(N)=O)Cc2ccccc21. The van der Waals surface area contributed by atoms with Gasteiger partial charge in [0.2, 0.25) is 17.7 Å². The number of carbonyl (C=O) groups excluding carboxylic acids is 3. The molecule has 1 aliphatic rings. The Hall–Kier alpha value is -4.99. The Balaban J connectivity index is 1.33. The summed E-state index contributed by atoms with van der Waals surface area (Å²) >= 11 is 0. The molecule has 9 nitrogen and oxygen atoms in total.